The molecule has 0 atom stereocenters. The smallest absolute Gasteiger partial charge is 0.261 e. The van der Waals surface area contributed by atoms with Crippen LogP contribution < -0.4 is 5.32 Å². The Hall–Kier alpha value is -0.590. The van der Waals surface area contributed by atoms with Crippen LogP contribution in [0.25, 0.3) is 0 Å². The molecule has 1 N–H and O–H groups in total. The summed E-state index contributed by atoms with van der Waals surface area (Å²) in [7, 11) is 1.52. The van der Waals surface area contributed by atoms with Crippen molar-refractivity contribution in [3.8, 4) is 0 Å². The van der Waals surface area contributed by atoms with Crippen molar-refractivity contribution < 1.29 is 13.2 Å². The predicted molar refractivity (Wildman–Crippen MR) is 81.6 cm³/mol. The zero-order chi connectivity index (χ0) is 15.1. The van der Waals surface area contributed by atoms with E-state index in [0.717, 1.165) is 12.8 Å². The second-order valence-corrected chi connectivity index (χ2v) is 8.71. The Morgan fingerprint density at radius 1 is 1.40 bits per heavy atom. The quantitative estimate of drug-likeness (QED) is 0.819. The van der Waals surface area contributed by atoms with Crippen molar-refractivity contribution in [2.75, 3.05) is 0 Å². The molecule has 1 aliphatic rings. The van der Waals surface area contributed by atoms with Gasteiger partial charge in [-0.2, -0.15) is 0 Å². The van der Waals surface area contributed by atoms with Crippen LogP contribution in [0.4, 0.5) is 0 Å². The molecule has 0 unspecified atom stereocenters. The summed E-state index contributed by atoms with van der Waals surface area (Å²) in [6.07, 6.45) is 1.92. The van der Waals surface area contributed by atoms with Gasteiger partial charge in [-0.05, 0) is 43.4 Å². The van der Waals surface area contributed by atoms with Gasteiger partial charge in [0.25, 0.3) is 15.0 Å². The van der Waals surface area contributed by atoms with Gasteiger partial charge in [0, 0.05) is 26.8 Å². The minimum Gasteiger partial charge on any atom is -0.349 e. The topological polar surface area (TPSA) is 63.2 Å². The van der Waals surface area contributed by atoms with Gasteiger partial charge in [-0.15, -0.1) is 0 Å². The molecule has 2 rings (SSSR count). The van der Waals surface area contributed by atoms with E-state index in [4.69, 9.17) is 10.7 Å². The Morgan fingerprint density at radius 3 is 2.50 bits per heavy atom. The van der Waals surface area contributed by atoms with Gasteiger partial charge in [-0.3, -0.25) is 4.79 Å². The summed E-state index contributed by atoms with van der Waals surface area (Å²) in [5.74, 6) is 0.366. The fraction of sp³-hybridized carbons (Fsp3) is 0.462. The Labute approximate surface area is 131 Å². The van der Waals surface area contributed by atoms with Crippen molar-refractivity contribution in [2.24, 2.45) is 5.92 Å². The van der Waals surface area contributed by atoms with E-state index in [2.05, 4.69) is 28.2 Å². The molecule has 7 heteroatoms. The minimum atomic E-state index is -3.88. The molecule has 1 aromatic carbocycles. The molecule has 0 heterocycles. The van der Waals surface area contributed by atoms with Crippen LogP contribution in [0.2, 0.25) is 0 Å². The molecule has 20 heavy (non-hydrogen) atoms. The molecule has 0 saturated heterocycles. The first-order valence-corrected chi connectivity index (χ1v) is 9.34. The summed E-state index contributed by atoms with van der Waals surface area (Å²) in [5.41, 5.74) is 0.700. The fourth-order valence-electron chi connectivity index (χ4n) is 2.43. The molecule has 110 valence electrons. The lowest BCUT2D eigenvalue weighted by Gasteiger charge is -2.33. The third-order valence-corrected chi connectivity index (χ3v) is 5.45. The Balaban J connectivity index is 2.32. The second kappa shape index (κ2) is 5.66. The van der Waals surface area contributed by atoms with Gasteiger partial charge in [0.1, 0.15) is 0 Å². The highest BCUT2D eigenvalue weighted by molar-refractivity contribution is 9.10. The SMILES string of the molecule is Cc1c(C(=O)NC2CC(C)C2)cc(Br)cc1S(=O)(=O)Cl. The van der Waals surface area contributed by atoms with Crippen molar-refractivity contribution in [1.82, 2.24) is 5.32 Å². The molecule has 0 spiro atoms. The summed E-state index contributed by atoms with van der Waals surface area (Å²) in [6, 6.07) is 3.19. The van der Waals surface area contributed by atoms with Crippen LogP contribution in [0, 0.1) is 12.8 Å². The van der Waals surface area contributed by atoms with E-state index in [0.29, 0.717) is 21.5 Å². The number of amides is 1. The first kappa shape index (κ1) is 15.8. The van der Waals surface area contributed by atoms with E-state index < -0.39 is 9.05 Å². The van der Waals surface area contributed by atoms with Crippen LogP contribution in [0.5, 0.6) is 0 Å². The lowest BCUT2D eigenvalue weighted by molar-refractivity contribution is 0.0895. The van der Waals surface area contributed by atoms with Crippen molar-refractivity contribution in [1.29, 1.82) is 0 Å². The van der Waals surface area contributed by atoms with Crippen LogP contribution >= 0.6 is 26.6 Å². The highest BCUT2D eigenvalue weighted by atomic mass is 79.9. The summed E-state index contributed by atoms with van der Waals surface area (Å²) in [5, 5.41) is 2.91. The van der Waals surface area contributed by atoms with Crippen LogP contribution in [0.3, 0.4) is 0 Å². The van der Waals surface area contributed by atoms with Crippen LogP contribution in [-0.4, -0.2) is 20.4 Å². The Bertz CT molecular complexity index is 654. The molecule has 0 bridgehead atoms. The van der Waals surface area contributed by atoms with Crippen molar-refractivity contribution in [3.05, 3.63) is 27.7 Å². The Kier molecular flexibility index (Phi) is 4.47. The van der Waals surface area contributed by atoms with Gasteiger partial charge >= 0.3 is 0 Å². The van der Waals surface area contributed by atoms with Gasteiger partial charge in [0.15, 0.2) is 0 Å². The lowest BCUT2D eigenvalue weighted by Crippen LogP contribution is -2.43. The maximum Gasteiger partial charge on any atom is 0.261 e. The van der Waals surface area contributed by atoms with Crippen LogP contribution in [-0.2, 0) is 9.05 Å². The van der Waals surface area contributed by atoms with Gasteiger partial charge in [-0.1, -0.05) is 22.9 Å². The number of carbonyl (C=O) groups excluding carboxylic acids is 1. The highest BCUT2D eigenvalue weighted by Crippen LogP contribution is 2.29. The molecular weight excluding hydrogens is 366 g/mol. The molecule has 0 aliphatic heterocycles. The monoisotopic (exact) mass is 379 g/mol. The Morgan fingerprint density at radius 2 is 2.00 bits per heavy atom. The average Bonchev–Trinajstić information content (AvgIpc) is 2.28. The number of benzene rings is 1. The number of hydrogen-bond donors (Lipinski definition) is 1. The lowest BCUT2D eigenvalue weighted by atomic mass is 9.82. The van der Waals surface area contributed by atoms with E-state index in [1.54, 1.807) is 13.0 Å². The van der Waals surface area contributed by atoms with Gasteiger partial charge < -0.3 is 5.32 Å². The molecule has 1 fully saturated rings. The largest absolute Gasteiger partial charge is 0.349 e. The predicted octanol–water partition coefficient (Wildman–Crippen LogP) is 3.21. The van der Waals surface area contributed by atoms with E-state index in [9.17, 15) is 13.2 Å². The third kappa shape index (κ3) is 3.35. The molecule has 0 aromatic heterocycles. The maximum atomic E-state index is 12.2. The van der Waals surface area contributed by atoms with Crippen LogP contribution in [0.15, 0.2) is 21.5 Å². The number of carbonyl (C=O) groups is 1. The molecule has 1 saturated carbocycles. The molecule has 4 nitrogen and oxygen atoms in total. The standard InChI is InChI=1S/C13H15BrClNO3S/c1-7-3-10(4-7)16-13(17)11-5-9(14)6-12(8(11)2)20(15,18)19/h5-7,10H,3-4H2,1-2H3,(H,16,17). The van der Waals surface area contributed by atoms with Gasteiger partial charge in [0.2, 0.25) is 0 Å². The first-order valence-electron chi connectivity index (χ1n) is 6.24. The number of rotatable bonds is 3. The summed E-state index contributed by atoms with van der Waals surface area (Å²) < 4.78 is 23.6. The van der Waals surface area contributed by atoms with E-state index in [1.165, 1.54) is 6.07 Å². The van der Waals surface area contributed by atoms with Crippen molar-refractivity contribution >= 4 is 41.6 Å². The number of nitrogens with one attached hydrogen (secondary N) is 1. The number of halogens is 2. The molecule has 1 amide bonds. The third-order valence-electron chi connectivity index (χ3n) is 3.54. The van der Waals surface area contributed by atoms with E-state index in [-0.39, 0.29) is 16.8 Å². The zero-order valence-corrected chi connectivity index (χ0v) is 14.3. The number of hydrogen-bond acceptors (Lipinski definition) is 3. The normalized spacial score (nSPS) is 22.2. The molecule has 1 aliphatic carbocycles. The average molecular weight is 381 g/mol. The molecule has 0 radical (unpaired) electrons. The minimum absolute atomic E-state index is 0.0410. The highest BCUT2D eigenvalue weighted by Gasteiger charge is 2.28. The van der Waals surface area contributed by atoms with E-state index in [1.807, 2.05) is 0 Å². The molecule has 1 aromatic rings. The van der Waals surface area contributed by atoms with E-state index >= 15 is 0 Å². The van der Waals surface area contributed by atoms with Gasteiger partial charge in [0.05, 0.1) is 4.90 Å². The fourth-order valence-corrected chi connectivity index (χ4v) is 4.26. The summed E-state index contributed by atoms with van der Waals surface area (Å²) in [6.45, 7) is 3.71. The zero-order valence-electron chi connectivity index (χ0n) is 11.1. The van der Waals surface area contributed by atoms with Crippen molar-refractivity contribution in [3.63, 3.8) is 0 Å². The van der Waals surface area contributed by atoms with Crippen LogP contribution in [0.1, 0.15) is 35.7 Å². The van der Waals surface area contributed by atoms with Crippen molar-refractivity contribution in [2.45, 2.75) is 37.6 Å². The maximum absolute atomic E-state index is 12.2. The summed E-state index contributed by atoms with van der Waals surface area (Å²) >= 11 is 3.21. The second-order valence-electron chi connectivity index (χ2n) is 5.26. The molecular formula is C13H15BrClNO3S. The van der Waals surface area contributed by atoms with Gasteiger partial charge in [-0.25, -0.2) is 8.42 Å². The first-order chi connectivity index (χ1) is 9.18. The summed E-state index contributed by atoms with van der Waals surface area (Å²) in [4.78, 5) is 12.2.